The van der Waals surface area contributed by atoms with Crippen LogP contribution in [0.4, 0.5) is 5.69 Å². The molecule has 0 aromatic heterocycles. The van der Waals surface area contributed by atoms with E-state index in [1.807, 2.05) is 38.1 Å². The zero-order chi connectivity index (χ0) is 11.3. The number of benzene rings is 1. The number of carbonyl (C=O) groups excluding carboxylic acids is 1. The summed E-state index contributed by atoms with van der Waals surface area (Å²) in [6.45, 7) is 3.86. The first-order valence-corrected chi connectivity index (χ1v) is 5.56. The van der Waals surface area contributed by atoms with Crippen molar-refractivity contribution in [3.05, 3.63) is 28.7 Å². The number of anilines is 1. The fourth-order valence-electron chi connectivity index (χ4n) is 1.05. The smallest absolute Gasteiger partial charge is 0.325 e. The summed E-state index contributed by atoms with van der Waals surface area (Å²) in [6, 6.07) is 7.62. The number of halogens is 1. The van der Waals surface area contributed by atoms with Gasteiger partial charge in [0, 0.05) is 10.2 Å². The van der Waals surface area contributed by atoms with Crippen LogP contribution in [0.3, 0.4) is 0 Å². The Labute approximate surface area is 97.9 Å². The summed E-state index contributed by atoms with van der Waals surface area (Å²) in [5.41, 5.74) is 0.902. The Morgan fingerprint density at radius 3 is 2.53 bits per heavy atom. The summed E-state index contributed by atoms with van der Waals surface area (Å²) in [7, 11) is 0. The molecule has 0 bridgehead atoms. The molecule has 0 unspecified atom stereocenters. The standard InChI is InChI=1S/C11H14BrNO2/c1-8(2)15-11(14)7-13-10-5-3-9(12)4-6-10/h3-6,8,13H,7H2,1-2H3. The van der Waals surface area contributed by atoms with Crippen LogP contribution in [0.15, 0.2) is 28.7 Å². The molecule has 0 saturated heterocycles. The third-order valence-corrected chi connectivity index (χ3v) is 2.18. The lowest BCUT2D eigenvalue weighted by molar-refractivity contribution is -0.145. The van der Waals surface area contributed by atoms with Gasteiger partial charge in [-0.3, -0.25) is 4.79 Å². The van der Waals surface area contributed by atoms with Crippen LogP contribution in [0.25, 0.3) is 0 Å². The van der Waals surface area contributed by atoms with Crippen molar-refractivity contribution in [2.24, 2.45) is 0 Å². The summed E-state index contributed by atoms with van der Waals surface area (Å²) < 4.78 is 6.00. The molecule has 3 nitrogen and oxygen atoms in total. The van der Waals surface area contributed by atoms with Gasteiger partial charge >= 0.3 is 5.97 Å². The van der Waals surface area contributed by atoms with E-state index in [4.69, 9.17) is 4.74 Å². The molecular weight excluding hydrogens is 258 g/mol. The molecule has 1 aromatic carbocycles. The van der Waals surface area contributed by atoms with Gasteiger partial charge in [-0.1, -0.05) is 15.9 Å². The summed E-state index contributed by atoms with van der Waals surface area (Å²) in [4.78, 5) is 11.2. The molecule has 82 valence electrons. The van der Waals surface area contributed by atoms with E-state index in [9.17, 15) is 4.79 Å². The Morgan fingerprint density at radius 2 is 2.00 bits per heavy atom. The lowest BCUT2D eigenvalue weighted by Gasteiger charge is -2.09. The highest BCUT2D eigenvalue weighted by molar-refractivity contribution is 9.10. The second kappa shape index (κ2) is 5.75. The minimum atomic E-state index is -0.243. The zero-order valence-corrected chi connectivity index (χ0v) is 10.4. The molecular formula is C11H14BrNO2. The molecule has 0 aliphatic carbocycles. The molecule has 0 radical (unpaired) electrons. The van der Waals surface area contributed by atoms with Crippen molar-refractivity contribution in [3.8, 4) is 0 Å². The van der Waals surface area contributed by atoms with Gasteiger partial charge in [-0.2, -0.15) is 0 Å². The largest absolute Gasteiger partial charge is 0.462 e. The molecule has 0 heterocycles. The van der Waals surface area contributed by atoms with Gasteiger partial charge in [-0.05, 0) is 38.1 Å². The van der Waals surface area contributed by atoms with Gasteiger partial charge < -0.3 is 10.1 Å². The number of carbonyl (C=O) groups is 1. The first-order chi connectivity index (χ1) is 7.08. The Bertz CT molecular complexity index is 322. The number of esters is 1. The van der Waals surface area contributed by atoms with Crippen LogP contribution in [-0.4, -0.2) is 18.6 Å². The third-order valence-electron chi connectivity index (χ3n) is 1.65. The van der Waals surface area contributed by atoms with E-state index in [2.05, 4.69) is 21.2 Å². The zero-order valence-electron chi connectivity index (χ0n) is 8.79. The highest BCUT2D eigenvalue weighted by atomic mass is 79.9. The van der Waals surface area contributed by atoms with E-state index in [-0.39, 0.29) is 18.6 Å². The third kappa shape index (κ3) is 4.83. The minimum Gasteiger partial charge on any atom is -0.462 e. The van der Waals surface area contributed by atoms with Gasteiger partial charge in [0.1, 0.15) is 6.54 Å². The van der Waals surface area contributed by atoms with Crippen LogP contribution in [-0.2, 0) is 9.53 Å². The van der Waals surface area contributed by atoms with Crippen molar-refractivity contribution in [2.45, 2.75) is 20.0 Å². The number of rotatable bonds is 4. The van der Waals surface area contributed by atoms with Crippen molar-refractivity contribution in [3.63, 3.8) is 0 Å². The molecule has 0 spiro atoms. The normalized spacial score (nSPS) is 10.1. The van der Waals surface area contributed by atoms with Gasteiger partial charge in [0.15, 0.2) is 0 Å². The van der Waals surface area contributed by atoms with E-state index in [1.165, 1.54) is 0 Å². The quantitative estimate of drug-likeness (QED) is 0.856. The predicted octanol–water partition coefficient (Wildman–Crippen LogP) is 2.81. The van der Waals surface area contributed by atoms with Crippen LogP contribution >= 0.6 is 15.9 Å². The monoisotopic (exact) mass is 271 g/mol. The first kappa shape index (κ1) is 12.0. The van der Waals surface area contributed by atoms with E-state index >= 15 is 0 Å². The van der Waals surface area contributed by atoms with Crippen LogP contribution in [0.2, 0.25) is 0 Å². The number of nitrogens with one attached hydrogen (secondary N) is 1. The van der Waals surface area contributed by atoms with Crippen molar-refractivity contribution in [1.82, 2.24) is 0 Å². The van der Waals surface area contributed by atoms with Crippen molar-refractivity contribution < 1.29 is 9.53 Å². The summed E-state index contributed by atoms with van der Waals surface area (Å²) in [6.07, 6.45) is -0.0655. The molecule has 0 fully saturated rings. The second-order valence-corrected chi connectivity index (χ2v) is 4.31. The number of ether oxygens (including phenoxy) is 1. The predicted molar refractivity (Wildman–Crippen MR) is 63.9 cm³/mol. The average Bonchev–Trinajstić information content (AvgIpc) is 2.16. The van der Waals surface area contributed by atoms with Crippen molar-refractivity contribution in [1.29, 1.82) is 0 Å². The molecule has 0 amide bonds. The number of hydrogen-bond acceptors (Lipinski definition) is 3. The maximum Gasteiger partial charge on any atom is 0.325 e. The topological polar surface area (TPSA) is 38.3 Å². The fourth-order valence-corrected chi connectivity index (χ4v) is 1.31. The van der Waals surface area contributed by atoms with Gasteiger partial charge in [0.2, 0.25) is 0 Å². The van der Waals surface area contributed by atoms with Crippen LogP contribution in [0.5, 0.6) is 0 Å². The fraction of sp³-hybridized carbons (Fsp3) is 0.364. The molecule has 0 aliphatic rings. The van der Waals surface area contributed by atoms with E-state index in [0.29, 0.717) is 0 Å². The molecule has 0 atom stereocenters. The lowest BCUT2D eigenvalue weighted by atomic mass is 10.3. The van der Waals surface area contributed by atoms with Crippen LogP contribution in [0.1, 0.15) is 13.8 Å². The average molecular weight is 272 g/mol. The maximum atomic E-state index is 11.2. The Hall–Kier alpha value is -1.03. The molecule has 4 heteroatoms. The Balaban J connectivity index is 2.37. The van der Waals surface area contributed by atoms with Gasteiger partial charge in [-0.15, -0.1) is 0 Å². The minimum absolute atomic E-state index is 0.0655. The molecule has 0 saturated carbocycles. The highest BCUT2D eigenvalue weighted by Crippen LogP contribution is 2.13. The molecule has 1 aromatic rings. The van der Waals surface area contributed by atoms with Crippen LogP contribution in [0, 0.1) is 0 Å². The lowest BCUT2D eigenvalue weighted by Crippen LogP contribution is -2.20. The summed E-state index contributed by atoms with van der Waals surface area (Å²) in [5, 5.41) is 2.98. The molecule has 15 heavy (non-hydrogen) atoms. The molecule has 0 aliphatic heterocycles. The van der Waals surface area contributed by atoms with Gasteiger partial charge in [0.05, 0.1) is 6.10 Å². The van der Waals surface area contributed by atoms with E-state index in [0.717, 1.165) is 10.2 Å². The van der Waals surface area contributed by atoms with Crippen LogP contribution < -0.4 is 5.32 Å². The second-order valence-electron chi connectivity index (χ2n) is 3.40. The summed E-state index contributed by atoms with van der Waals surface area (Å²) >= 11 is 3.34. The Morgan fingerprint density at radius 1 is 1.40 bits per heavy atom. The Kier molecular flexibility index (Phi) is 4.62. The highest BCUT2D eigenvalue weighted by Gasteiger charge is 2.04. The first-order valence-electron chi connectivity index (χ1n) is 4.77. The van der Waals surface area contributed by atoms with E-state index in [1.54, 1.807) is 0 Å². The molecule has 1 rings (SSSR count). The SMILES string of the molecule is CC(C)OC(=O)CNc1ccc(Br)cc1. The van der Waals surface area contributed by atoms with Gasteiger partial charge in [0.25, 0.3) is 0 Å². The summed E-state index contributed by atoms with van der Waals surface area (Å²) in [5.74, 6) is -0.243. The van der Waals surface area contributed by atoms with Crippen molar-refractivity contribution >= 4 is 27.6 Å². The number of hydrogen-bond donors (Lipinski definition) is 1. The maximum absolute atomic E-state index is 11.2. The van der Waals surface area contributed by atoms with Crippen molar-refractivity contribution in [2.75, 3.05) is 11.9 Å². The van der Waals surface area contributed by atoms with Gasteiger partial charge in [-0.25, -0.2) is 0 Å². The molecule has 1 N–H and O–H groups in total. The van der Waals surface area contributed by atoms with E-state index < -0.39 is 0 Å².